The van der Waals surface area contributed by atoms with E-state index in [1.807, 2.05) is 0 Å². The second kappa shape index (κ2) is 6.72. The Balaban J connectivity index is 2.41. The van der Waals surface area contributed by atoms with E-state index in [9.17, 15) is 14.7 Å². The third-order valence-electron chi connectivity index (χ3n) is 2.94. The number of aliphatic carboxylic acids is 1. The summed E-state index contributed by atoms with van der Waals surface area (Å²) in [6.07, 6.45) is 1.54. The minimum atomic E-state index is -1.45. The number of hydrogen-bond acceptors (Lipinski definition) is 4. The Morgan fingerprint density at radius 3 is 2.58 bits per heavy atom. The van der Waals surface area contributed by atoms with Gasteiger partial charge < -0.3 is 25.2 Å². The summed E-state index contributed by atoms with van der Waals surface area (Å²) >= 11 is 0. The Labute approximate surface area is 112 Å². The maximum atomic E-state index is 12.0. The van der Waals surface area contributed by atoms with Gasteiger partial charge in [-0.1, -0.05) is 0 Å². The highest BCUT2D eigenvalue weighted by Crippen LogP contribution is 2.26. The molecule has 0 saturated heterocycles. The molecule has 110 valence electrons. The van der Waals surface area contributed by atoms with Crippen molar-refractivity contribution in [1.82, 2.24) is 10.2 Å². The van der Waals surface area contributed by atoms with Crippen molar-refractivity contribution < 1.29 is 24.5 Å². The van der Waals surface area contributed by atoms with E-state index in [1.54, 1.807) is 12.0 Å². The summed E-state index contributed by atoms with van der Waals surface area (Å²) in [5.74, 6) is -1.10. The van der Waals surface area contributed by atoms with Crippen LogP contribution in [0.15, 0.2) is 0 Å². The lowest BCUT2D eigenvalue weighted by atomic mass is 10.0. The molecule has 0 bridgehead atoms. The van der Waals surface area contributed by atoms with E-state index in [1.165, 1.54) is 6.92 Å². The van der Waals surface area contributed by atoms with Crippen LogP contribution in [0.25, 0.3) is 0 Å². The number of carboxylic acids is 1. The number of nitrogens with zero attached hydrogens (tertiary/aromatic N) is 1. The molecular formula is C12H22N2O5. The molecule has 0 aromatic heterocycles. The molecule has 0 spiro atoms. The van der Waals surface area contributed by atoms with Crippen molar-refractivity contribution in [3.8, 4) is 0 Å². The van der Waals surface area contributed by atoms with Gasteiger partial charge >= 0.3 is 12.0 Å². The van der Waals surface area contributed by atoms with Crippen molar-refractivity contribution in [2.45, 2.75) is 37.8 Å². The van der Waals surface area contributed by atoms with Crippen LogP contribution in [0.3, 0.4) is 0 Å². The van der Waals surface area contributed by atoms with Gasteiger partial charge in [0.15, 0.2) is 0 Å². The highest BCUT2D eigenvalue weighted by Gasteiger charge is 2.33. The number of urea groups is 1. The average Bonchev–Trinajstić information content (AvgIpc) is 3.09. The standard InChI is InChI=1S/C12H22N2O5/c1-12(18,7-10(15)16)8-13-11(17)14(5-6-19-2)9-3-4-9/h9,18H,3-8H2,1-2H3,(H,13,17)(H,15,16). The summed E-state index contributed by atoms with van der Waals surface area (Å²) in [7, 11) is 1.57. The maximum absolute atomic E-state index is 12.0. The van der Waals surface area contributed by atoms with Crippen molar-refractivity contribution in [1.29, 1.82) is 0 Å². The van der Waals surface area contributed by atoms with Crippen LogP contribution in [0.5, 0.6) is 0 Å². The predicted octanol–water partition coefficient (Wildman–Crippen LogP) is 0.0325. The third-order valence-corrected chi connectivity index (χ3v) is 2.94. The number of rotatable bonds is 8. The highest BCUT2D eigenvalue weighted by atomic mass is 16.5. The van der Waals surface area contributed by atoms with E-state index < -0.39 is 18.0 Å². The Hall–Kier alpha value is -1.34. The van der Waals surface area contributed by atoms with Crippen LogP contribution in [0.1, 0.15) is 26.2 Å². The van der Waals surface area contributed by atoms with Crippen molar-refractivity contribution in [2.75, 3.05) is 26.8 Å². The highest BCUT2D eigenvalue weighted by molar-refractivity contribution is 5.75. The number of ether oxygens (including phenoxy) is 1. The first-order valence-corrected chi connectivity index (χ1v) is 6.33. The lowest BCUT2D eigenvalue weighted by Crippen LogP contribution is -2.48. The predicted molar refractivity (Wildman–Crippen MR) is 67.9 cm³/mol. The fraction of sp³-hybridized carbons (Fsp3) is 0.833. The molecule has 1 aliphatic carbocycles. The first kappa shape index (κ1) is 15.7. The second-order valence-electron chi connectivity index (χ2n) is 5.14. The minimum Gasteiger partial charge on any atom is -0.481 e. The number of amides is 2. The number of methoxy groups -OCH3 is 1. The van der Waals surface area contributed by atoms with Crippen LogP contribution in [0.2, 0.25) is 0 Å². The van der Waals surface area contributed by atoms with Gasteiger partial charge in [-0.2, -0.15) is 0 Å². The minimum absolute atomic E-state index is 0.0890. The summed E-state index contributed by atoms with van der Waals surface area (Å²) < 4.78 is 4.95. The summed E-state index contributed by atoms with van der Waals surface area (Å²) in [4.78, 5) is 24.2. The molecule has 19 heavy (non-hydrogen) atoms. The third kappa shape index (κ3) is 5.89. The molecule has 0 radical (unpaired) electrons. The number of nitrogens with one attached hydrogen (secondary N) is 1. The molecule has 3 N–H and O–H groups in total. The van der Waals surface area contributed by atoms with Gasteiger partial charge in [0.25, 0.3) is 0 Å². The van der Waals surface area contributed by atoms with E-state index in [0.29, 0.717) is 13.2 Å². The first-order valence-electron chi connectivity index (χ1n) is 6.33. The Morgan fingerprint density at radius 1 is 1.47 bits per heavy atom. The lowest BCUT2D eigenvalue weighted by Gasteiger charge is -2.26. The SMILES string of the molecule is COCCN(C(=O)NCC(C)(O)CC(=O)O)C1CC1. The molecule has 0 aromatic rings. The maximum Gasteiger partial charge on any atom is 0.317 e. The van der Waals surface area contributed by atoms with E-state index in [2.05, 4.69) is 5.32 Å². The number of carbonyl (C=O) groups excluding carboxylic acids is 1. The van der Waals surface area contributed by atoms with Crippen LogP contribution < -0.4 is 5.32 Å². The van der Waals surface area contributed by atoms with Crippen LogP contribution in [-0.2, 0) is 9.53 Å². The van der Waals surface area contributed by atoms with Crippen molar-refractivity contribution >= 4 is 12.0 Å². The van der Waals surface area contributed by atoms with E-state index in [-0.39, 0.29) is 18.6 Å². The fourth-order valence-corrected chi connectivity index (χ4v) is 1.78. The van der Waals surface area contributed by atoms with Gasteiger partial charge in [-0.3, -0.25) is 4.79 Å². The van der Waals surface area contributed by atoms with Crippen molar-refractivity contribution in [2.24, 2.45) is 0 Å². The molecule has 2 amide bonds. The lowest BCUT2D eigenvalue weighted by molar-refractivity contribution is -0.141. The zero-order chi connectivity index (χ0) is 14.5. The zero-order valence-electron chi connectivity index (χ0n) is 11.4. The van der Waals surface area contributed by atoms with Crippen LogP contribution >= 0.6 is 0 Å². The van der Waals surface area contributed by atoms with Crippen LogP contribution in [-0.4, -0.2) is 65.6 Å². The van der Waals surface area contributed by atoms with Crippen LogP contribution in [0, 0.1) is 0 Å². The smallest absolute Gasteiger partial charge is 0.317 e. The molecule has 0 heterocycles. The quantitative estimate of drug-likeness (QED) is 0.580. The molecule has 1 unspecified atom stereocenters. The van der Waals surface area contributed by atoms with E-state index in [4.69, 9.17) is 9.84 Å². The van der Waals surface area contributed by atoms with Gasteiger partial charge in [-0.25, -0.2) is 4.79 Å². The molecule has 0 aliphatic heterocycles. The molecule has 1 fully saturated rings. The summed E-state index contributed by atoms with van der Waals surface area (Å²) in [6, 6.07) is -0.0511. The van der Waals surface area contributed by atoms with Crippen molar-refractivity contribution in [3.05, 3.63) is 0 Å². The molecule has 7 heteroatoms. The monoisotopic (exact) mass is 274 g/mol. The van der Waals surface area contributed by atoms with Crippen LogP contribution in [0.4, 0.5) is 4.79 Å². The summed E-state index contributed by atoms with van der Waals surface area (Å²) in [6.45, 7) is 2.25. The van der Waals surface area contributed by atoms with Crippen molar-refractivity contribution in [3.63, 3.8) is 0 Å². The second-order valence-corrected chi connectivity index (χ2v) is 5.14. The zero-order valence-corrected chi connectivity index (χ0v) is 11.4. The number of carbonyl (C=O) groups is 2. The van der Waals surface area contributed by atoms with E-state index in [0.717, 1.165) is 12.8 Å². The first-order chi connectivity index (χ1) is 8.85. The molecule has 1 atom stereocenters. The molecule has 0 aromatic carbocycles. The molecule has 7 nitrogen and oxygen atoms in total. The van der Waals surface area contributed by atoms with Gasteiger partial charge in [0.1, 0.15) is 0 Å². The molecular weight excluding hydrogens is 252 g/mol. The van der Waals surface area contributed by atoms with Gasteiger partial charge in [0.2, 0.25) is 0 Å². The largest absolute Gasteiger partial charge is 0.481 e. The Morgan fingerprint density at radius 2 is 2.11 bits per heavy atom. The molecule has 1 aliphatic rings. The topological polar surface area (TPSA) is 99.1 Å². The average molecular weight is 274 g/mol. The number of aliphatic hydroxyl groups is 1. The Kier molecular flexibility index (Phi) is 5.56. The van der Waals surface area contributed by atoms with E-state index >= 15 is 0 Å². The summed E-state index contributed by atoms with van der Waals surface area (Å²) in [5.41, 5.74) is -1.45. The summed E-state index contributed by atoms with van der Waals surface area (Å²) in [5, 5.41) is 21.0. The van der Waals surface area contributed by atoms with Gasteiger partial charge in [0, 0.05) is 26.2 Å². The van der Waals surface area contributed by atoms with Gasteiger partial charge in [-0.05, 0) is 19.8 Å². The molecule has 1 rings (SSSR count). The Bertz CT molecular complexity index is 328. The number of carboxylic acid groups (broad SMARTS) is 1. The number of hydrogen-bond donors (Lipinski definition) is 3. The molecule has 1 saturated carbocycles. The normalized spacial score (nSPS) is 17.6. The van der Waals surface area contributed by atoms with Gasteiger partial charge in [-0.15, -0.1) is 0 Å². The van der Waals surface area contributed by atoms with Gasteiger partial charge in [0.05, 0.1) is 18.6 Å². The fourth-order valence-electron chi connectivity index (χ4n) is 1.78.